The summed E-state index contributed by atoms with van der Waals surface area (Å²) in [5.41, 5.74) is -1.85. The van der Waals surface area contributed by atoms with Crippen LogP contribution in [0.15, 0.2) is 11.6 Å². The monoisotopic (exact) mass is 320 g/mol. The van der Waals surface area contributed by atoms with Crippen molar-refractivity contribution < 1.29 is 27.5 Å². The summed E-state index contributed by atoms with van der Waals surface area (Å²) in [4.78, 5) is 23.4. The van der Waals surface area contributed by atoms with E-state index in [1.165, 1.54) is 6.92 Å². The summed E-state index contributed by atoms with van der Waals surface area (Å²) in [5, 5.41) is 0. The highest BCUT2D eigenvalue weighted by atomic mass is 19.4. The molecule has 0 radical (unpaired) electrons. The molecule has 1 rings (SSSR count). The summed E-state index contributed by atoms with van der Waals surface area (Å²) in [7, 11) is 0. The van der Waals surface area contributed by atoms with E-state index in [2.05, 4.69) is 11.7 Å². The first-order valence-electron chi connectivity index (χ1n) is 7.79. The number of ketones is 1. The Hall–Kier alpha value is -1.33. The number of alkyl halides is 3. The summed E-state index contributed by atoms with van der Waals surface area (Å²) in [5.74, 6) is -3.08. The van der Waals surface area contributed by atoms with Crippen LogP contribution in [-0.2, 0) is 14.3 Å². The SMILES string of the molecule is CCCCCCCC=C1CC1(C(=O)OCC)C(=O)C(F)(F)F. The molecule has 0 spiro atoms. The number of allylic oxidation sites excluding steroid dienone is 1. The van der Waals surface area contributed by atoms with E-state index in [0.29, 0.717) is 6.42 Å². The maximum absolute atomic E-state index is 12.7. The fraction of sp³-hybridized carbons (Fsp3) is 0.750. The molecule has 0 heterocycles. The third-order valence-corrected chi connectivity index (χ3v) is 3.85. The van der Waals surface area contributed by atoms with Crippen LogP contribution in [0.1, 0.15) is 58.8 Å². The van der Waals surface area contributed by atoms with Crippen LogP contribution < -0.4 is 0 Å². The molecule has 1 saturated carbocycles. The van der Waals surface area contributed by atoms with Gasteiger partial charge < -0.3 is 4.74 Å². The molecule has 0 amide bonds. The number of halogens is 3. The molecule has 0 aromatic carbocycles. The third-order valence-electron chi connectivity index (χ3n) is 3.85. The minimum Gasteiger partial charge on any atom is -0.465 e. The van der Waals surface area contributed by atoms with Crippen molar-refractivity contribution in [2.75, 3.05) is 6.61 Å². The predicted molar refractivity (Wildman–Crippen MR) is 76.2 cm³/mol. The second-order valence-electron chi connectivity index (χ2n) is 5.56. The van der Waals surface area contributed by atoms with E-state index in [-0.39, 0.29) is 18.6 Å². The highest BCUT2D eigenvalue weighted by molar-refractivity contribution is 6.14. The van der Waals surface area contributed by atoms with E-state index in [1.54, 1.807) is 6.08 Å². The third kappa shape index (κ3) is 4.34. The van der Waals surface area contributed by atoms with Crippen molar-refractivity contribution >= 4 is 11.8 Å². The zero-order valence-corrected chi connectivity index (χ0v) is 13.1. The zero-order valence-electron chi connectivity index (χ0n) is 13.1. The van der Waals surface area contributed by atoms with Crippen LogP contribution in [0.3, 0.4) is 0 Å². The Bertz CT molecular complexity index is 440. The number of rotatable bonds is 9. The molecule has 0 saturated heterocycles. The topological polar surface area (TPSA) is 43.4 Å². The van der Waals surface area contributed by atoms with Crippen molar-refractivity contribution in [3.8, 4) is 0 Å². The highest BCUT2D eigenvalue weighted by Crippen LogP contribution is 2.56. The van der Waals surface area contributed by atoms with Gasteiger partial charge in [0.25, 0.3) is 5.78 Å². The Kier molecular flexibility index (Phi) is 6.63. The molecule has 0 N–H and O–H groups in total. The Balaban J connectivity index is 2.69. The maximum atomic E-state index is 12.7. The van der Waals surface area contributed by atoms with Gasteiger partial charge >= 0.3 is 12.1 Å². The lowest BCUT2D eigenvalue weighted by Gasteiger charge is -2.14. The van der Waals surface area contributed by atoms with E-state index in [0.717, 1.165) is 32.1 Å². The molecule has 6 heteroatoms. The van der Waals surface area contributed by atoms with Gasteiger partial charge in [0.15, 0.2) is 5.41 Å². The summed E-state index contributed by atoms with van der Waals surface area (Å²) >= 11 is 0. The van der Waals surface area contributed by atoms with Crippen LogP contribution in [0.25, 0.3) is 0 Å². The van der Waals surface area contributed by atoms with Gasteiger partial charge in [0.1, 0.15) is 0 Å². The van der Waals surface area contributed by atoms with E-state index < -0.39 is 23.3 Å². The van der Waals surface area contributed by atoms with Gasteiger partial charge in [-0.2, -0.15) is 13.2 Å². The molecule has 1 aliphatic rings. The van der Waals surface area contributed by atoms with Crippen molar-refractivity contribution in [3.63, 3.8) is 0 Å². The summed E-state index contributed by atoms with van der Waals surface area (Å²) in [6, 6.07) is 0. The minimum atomic E-state index is -5.02. The molecule has 1 atom stereocenters. The van der Waals surface area contributed by atoms with Crippen LogP contribution >= 0.6 is 0 Å². The Morgan fingerprint density at radius 3 is 2.36 bits per heavy atom. The van der Waals surface area contributed by atoms with Crippen molar-refractivity contribution in [1.29, 1.82) is 0 Å². The number of carbonyl (C=O) groups excluding carboxylic acids is 2. The van der Waals surface area contributed by atoms with Crippen molar-refractivity contribution in [3.05, 3.63) is 11.6 Å². The van der Waals surface area contributed by atoms with Crippen molar-refractivity contribution in [1.82, 2.24) is 0 Å². The highest BCUT2D eigenvalue weighted by Gasteiger charge is 2.69. The van der Waals surface area contributed by atoms with Gasteiger partial charge in [-0.3, -0.25) is 9.59 Å². The molecule has 3 nitrogen and oxygen atoms in total. The molecule has 0 bridgehead atoms. The smallest absolute Gasteiger partial charge is 0.451 e. The number of esters is 1. The van der Waals surface area contributed by atoms with Gasteiger partial charge in [0.05, 0.1) is 6.61 Å². The quantitative estimate of drug-likeness (QED) is 0.274. The fourth-order valence-electron chi connectivity index (χ4n) is 2.53. The van der Waals surface area contributed by atoms with E-state index in [4.69, 9.17) is 0 Å². The number of carbonyl (C=O) groups is 2. The largest absolute Gasteiger partial charge is 0.465 e. The lowest BCUT2D eigenvalue weighted by molar-refractivity contribution is -0.182. The molecular formula is C16H23F3O3. The second-order valence-corrected chi connectivity index (χ2v) is 5.56. The molecule has 126 valence electrons. The zero-order chi connectivity index (χ0) is 16.8. The van der Waals surface area contributed by atoms with Gasteiger partial charge in [0, 0.05) is 0 Å². The van der Waals surface area contributed by atoms with Gasteiger partial charge in [-0.15, -0.1) is 0 Å². The van der Waals surface area contributed by atoms with Crippen LogP contribution in [0.2, 0.25) is 0 Å². The second kappa shape index (κ2) is 7.79. The van der Waals surface area contributed by atoms with Crippen LogP contribution in [0.4, 0.5) is 13.2 Å². The van der Waals surface area contributed by atoms with Gasteiger partial charge in [-0.05, 0) is 31.8 Å². The molecule has 22 heavy (non-hydrogen) atoms. The Morgan fingerprint density at radius 2 is 1.82 bits per heavy atom. The van der Waals surface area contributed by atoms with Gasteiger partial charge in [-0.25, -0.2) is 0 Å². The van der Waals surface area contributed by atoms with Crippen molar-refractivity contribution in [2.24, 2.45) is 5.41 Å². The molecule has 0 aromatic rings. The standard InChI is InChI=1S/C16H23F3O3/c1-3-5-6-7-8-9-10-12-11-15(12,14(21)22-4-2)13(20)16(17,18)19/h10H,3-9,11H2,1-2H3. The number of Topliss-reactive ketones (excluding diaryl/α,β-unsaturated/α-hetero) is 1. The fourth-order valence-corrected chi connectivity index (χ4v) is 2.53. The van der Waals surface area contributed by atoms with Gasteiger partial charge in [0.2, 0.25) is 0 Å². The van der Waals surface area contributed by atoms with Gasteiger partial charge in [-0.1, -0.05) is 38.7 Å². The lowest BCUT2D eigenvalue weighted by Crippen LogP contribution is -2.38. The van der Waals surface area contributed by atoms with Crippen LogP contribution in [0, 0.1) is 5.41 Å². The van der Waals surface area contributed by atoms with E-state index in [1.807, 2.05) is 0 Å². The molecule has 0 aliphatic heterocycles. The number of hydrogen-bond acceptors (Lipinski definition) is 3. The summed E-state index contributed by atoms with van der Waals surface area (Å²) < 4.78 is 42.8. The number of unbranched alkanes of at least 4 members (excludes halogenated alkanes) is 5. The molecule has 1 fully saturated rings. The summed E-state index contributed by atoms with van der Waals surface area (Å²) in [6.07, 6.45) is 2.19. The molecule has 0 aromatic heterocycles. The lowest BCUT2D eigenvalue weighted by atomic mass is 9.98. The maximum Gasteiger partial charge on any atom is 0.451 e. The van der Waals surface area contributed by atoms with Crippen LogP contribution in [0.5, 0.6) is 0 Å². The first kappa shape index (κ1) is 18.7. The molecule has 1 aliphatic carbocycles. The van der Waals surface area contributed by atoms with E-state index in [9.17, 15) is 22.8 Å². The average Bonchev–Trinajstić information content (AvgIpc) is 3.16. The van der Waals surface area contributed by atoms with Crippen molar-refractivity contribution in [2.45, 2.75) is 65.0 Å². The predicted octanol–water partition coefficient (Wildman–Crippen LogP) is 4.36. The van der Waals surface area contributed by atoms with E-state index >= 15 is 0 Å². The molecule has 1 unspecified atom stereocenters. The normalized spacial score (nSPS) is 22.7. The first-order chi connectivity index (χ1) is 10.3. The Morgan fingerprint density at radius 1 is 1.18 bits per heavy atom. The summed E-state index contributed by atoms with van der Waals surface area (Å²) in [6.45, 7) is 3.56. The minimum absolute atomic E-state index is 0.0456. The number of ether oxygens (including phenoxy) is 1. The first-order valence-corrected chi connectivity index (χ1v) is 7.79. The Labute approximate surface area is 128 Å². The average molecular weight is 320 g/mol. The van der Waals surface area contributed by atoms with Crippen LogP contribution in [-0.4, -0.2) is 24.5 Å². The molecular weight excluding hydrogens is 297 g/mol. The number of hydrogen-bond donors (Lipinski definition) is 0.